The minimum atomic E-state index is -1.90. The van der Waals surface area contributed by atoms with Crippen LogP contribution in [0.25, 0.3) is 10.4 Å². The minimum Gasteiger partial charge on any atom is -0.459 e. The predicted molar refractivity (Wildman–Crippen MR) is 95.1 cm³/mol. The molecule has 0 aliphatic carbocycles. The zero-order valence-corrected chi connectivity index (χ0v) is 14.6. The van der Waals surface area contributed by atoms with E-state index in [9.17, 15) is 14.0 Å². The van der Waals surface area contributed by atoms with Gasteiger partial charge in [0.25, 0.3) is 0 Å². The molecule has 144 valence electrons. The normalized spacial score (nSPS) is 23.5. The van der Waals surface area contributed by atoms with Crippen molar-refractivity contribution < 1.29 is 28.2 Å². The van der Waals surface area contributed by atoms with Gasteiger partial charge in [-0.3, -0.25) is 0 Å². The highest BCUT2D eigenvalue weighted by Gasteiger charge is 2.48. The van der Waals surface area contributed by atoms with Crippen molar-refractivity contribution in [1.82, 2.24) is 0 Å². The molecule has 1 saturated heterocycles. The van der Waals surface area contributed by atoms with Gasteiger partial charge in [-0.15, -0.1) is 0 Å². The molecule has 8 nitrogen and oxygen atoms in total. The van der Waals surface area contributed by atoms with Crippen molar-refractivity contribution >= 4 is 11.9 Å². The molecule has 28 heavy (non-hydrogen) atoms. The van der Waals surface area contributed by atoms with Crippen LogP contribution in [0.5, 0.6) is 0 Å². The molecule has 1 aliphatic rings. The van der Waals surface area contributed by atoms with Gasteiger partial charge >= 0.3 is 11.9 Å². The zero-order chi connectivity index (χ0) is 19.9. The van der Waals surface area contributed by atoms with Crippen LogP contribution in [-0.2, 0) is 14.2 Å². The SMILES string of the molecule is [N-]=[N+]=N[C@@H]1O[C@H](COC(=O)c2ccccc2)[C@@H](OC(=O)c2ccccc2)[C@H]1F. The largest absolute Gasteiger partial charge is 0.459 e. The molecule has 0 aromatic heterocycles. The summed E-state index contributed by atoms with van der Waals surface area (Å²) in [6.45, 7) is -0.377. The van der Waals surface area contributed by atoms with E-state index in [4.69, 9.17) is 19.7 Å². The van der Waals surface area contributed by atoms with Crippen molar-refractivity contribution in [1.29, 1.82) is 0 Å². The average molecular weight is 385 g/mol. The number of alkyl halides is 1. The highest BCUT2D eigenvalue weighted by atomic mass is 19.1. The van der Waals surface area contributed by atoms with Crippen molar-refractivity contribution in [2.24, 2.45) is 5.11 Å². The summed E-state index contributed by atoms with van der Waals surface area (Å²) < 4.78 is 30.3. The van der Waals surface area contributed by atoms with Gasteiger partial charge in [0.1, 0.15) is 12.7 Å². The number of halogens is 1. The van der Waals surface area contributed by atoms with Crippen molar-refractivity contribution in [3.05, 3.63) is 82.2 Å². The number of benzene rings is 2. The summed E-state index contributed by atoms with van der Waals surface area (Å²) in [6.07, 6.45) is -5.90. The molecular weight excluding hydrogens is 369 g/mol. The van der Waals surface area contributed by atoms with Crippen LogP contribution in [0.4, 0.5) is 4.39 Å². The van der Waals surface area contributed by atoms with E-state index in [0.717, 1.165) is 0 Å². The lowest BCUT2D eigenvalue weighted by molar-refractivity contribution is -0.0416. The number of hydrogen-bond acceptors (Lipinski definition) is 6. The summed E-state index contributed by atoms with van der Waals surface area (Å²) in [5.74, 6) is -1.40. The molecule has 0 amide bonds. The minimum absolute atomic E-state index is 0.224. The third-order valence-corrected chi connectivity index (χ3v) is 4.07. The average Bonchev–Trinajstić information content (AvgIpc) is 3.02. The van der Waals surface area contributed by atoms with E-state index in [1.165, 1.54) is 12.1 Å². The van der Waals surface area contributed by atoms with Crippen molar-refractivity contribution in [3.8, 4) is 0 Å². The molecule has 0 N–H and O–H groups in total. The Morgan fingerprint density at radius 1 is 1.04 bits per heavy atom. The Morgan fingerprint density at radius 2 is 1.61 bits per heavy atom. The van der Waals surface area contributed by atoms with E-state index in [1.807, 2.05) is 0 Å². The van der Waals surface area contributed by atoms with Gasteiger partial charge < -0.3 is 14.2 Å². The molecule has 0 unspecified atom stereocenters. The fourth-order valence-corrected chi connectivity index (χ4v) is 2.70. The van der Waals surface area contributed by atoms with Crippen LogP contribution < -0.4 is 0 Å². The second-order valence-corrected chi connectivity index (χ2v) is 5.91. The third-order valence-electron chi connectivity index (χ3n) is 4.07. The van der Waals surface area contributed by atoms with Crippen LogP contribution in [-0.4, -0.2) is 43.2 Å². The van der Waals surface area contributed by atoms with Crippen molar-refractivity contribution in [3.63, 3.8) is 0 Å². The van der Waals surface area contributed by atoms with Crippen LogP contribution in [0.2, 0.25) is 0 Å². The molecule has 2 aromatic carbocycles. The maximum atomic E-state index is 14.6. The van der Waals surface area contributed by atoms with Gasteiger partial charge in [0.15, 0.2) is 18.5 Å². The molecule has 4 atom stereocenters. The Morgan fingerprint density at radius 3 is 2.18 bits per heavy atom. The Hall–Kier alpha value is -3.42. The topological polar surface area (TPSA) is 111 Å². The lowest BCUT2D eigenvalue weighted by Crippen LogP contribution is -2.37. The van der Waals surface area contributed by atoms with Crippen molar-refractivity contribution in [2.45, 2.75) is 24.6 Å². The molecule has 0 bridgehead atoms. The first-order chi connectivity index (χ1) is 13.6. The first-order valence-corrected chi connectivity index (χ1v) is 8.42. The van der Waals surface area contributed by atoms with Gasteiger partial charge in [0.2, 0.25) is 0 Å². The fraction of sp³-hybridized carbons (Fsp3) is 0.263. The number of carbonyl (C=O) groups excluding carboxylic acids is 2. The zero-order valence-electron chi connectivity index (χ0n) is 14.6. The van der Waals surface area contributed by atoms with E-state index < -0.39 is 36.5 Å². The maximum absolute atomic E-state index is 14.6. The lowest BCUT2D eigenvalue weighted by atomic mass is 10.1. The standard InChI is InChI=1S/C19H16FN3O5/c20-15-16(28-19(25)13-9-5-2-6-10-13)14(27-17(15)22-23-21)11-26-18(24)12-7-3-1-4-8-12/h1-10,14-17H,11H2/t14-,15-,16-,17-/m1/s1. The third kappa shape index (κ3) is 4.46. The molecule has 0 radical (unpaired) electrons. The van der Waals surface area contributed by atoms with Crippen LogP contribution in [0.15, 0.2) is 65.8 Å². The maximum Gasteiger partial charge on any atom is 0.338 e. The summed E-state index contributed by atoms with van der Waals surface area (Å²) in [6, 6.07) is 16.2. The summed E-state index contributed by atoms with van der Waals surface area (Å²) in [4.78, 5) is 26.9. The first-order valence-electron chi connectivity index (χ1n) is 8.42. The molecule has 0 spiro atoms. The van der Waals surface area contributed by atoms with E-state index in [-0.39, 0.29) is 12.2 Å². The Bertz CT molecular complexity index is 874. The Labute approximate surface area is 159 Å². The van der Waals surface area contributed by atoms with Gasteiger partial charge in [-0.25, -0.2) is 14.0 Å². The van der Waals surface area contributed by atoms with Crippen molar-refractivity contribution in [2.75, 3.05) is 6.61 Å². The summed E-state index contributed by atoms with van der Waals surface area (Å²) >= 11 is 0. The monoisotopic (exact) mass is 385 g/mol. The fourth-order valence-electron chi connectivity index (χ4n) is 2.70. The van der Waals surface area contributed by atoms with E-state index in [0.29, 0.717) is 5.56 Å². The van der Waals surface area contributed by atoms with Crippen LogP contribution in [0.3, 0.4) is 0 Å². The molecule has 1 heterocycles. The van der Waals surface area contributed by atoms with Gasteiger partial charge in [-0.2, -0.15) is 0 Å². The number of hydrogen-bond donors (Lipinski definition) is 0. The highest BCUT2D eigenvalue weighted by molar-refractivity contribution is 5.90. The van der Waals surface area contributed by atoms with Crippen LogP contribution in [0, 0.1) is 0 Å². The van der Waals surface area contributed by atoms with Crippen LogP contribution in [0.1, 0.15) is 20.7 Å². The number of azide groups is 1. The molecule has 2 aromatic rings. The number of ether oxygens (including phenoxy) is 3. The molecule has 1 fully saturated rings. The van der Waals surface area contributed by atoms with Gasteiger partial charge in [0, 0.05) is 4.91 Å². The molecule has 9 heteroatoms. The highest BCUT2D eigenvalue weighted by Crippen LogP contribution is 2.29. The van der Waals surface area contributed by atoms with Gasteiger partial charge in [-0.1, -0.05) is 41.5 Å². The molecular formula is C19H16FN3O5. The number of rotatable bonds is 6. The summed E-state index contributed by atoms with van der Waals surface area (Å²) in [7, 11) is 0. The molecule has 3 rings (SSSR count). The van der Waals surface area contributed by atoms with Gasteiger partial charge in [-0.05, 0) is 29.8 Å². The smallest absolute Gasteiger partial charge is 0.338 e. The predicted octanol–water partition coefficient (Wildman–Crippen LogP) is 3.44. The van der Waals surface area contributed by atoms with Gasteiger partial charge in [0.05, 0.1) is 11.1 Å². The van der Waals surface area contributed by atoms with E-state index in [2.05, 4.69) is 10.0 Å². The molecule has 1 aliphatic heterocycles. The quantitative estimate of drug-likeness (QED) is 0.327. The number of carbonyl (C=O) groups is 2. The van der Waals surface area contributed by atoms with E-state index in [1.54, 1.807) is 48.5 Å². The second-order valence-electron chi connectivity index (χ2n) is 5.91. The Kier molecular flexibility index (Phi) is 6.21. The number of nitrogens with zero attached hydrogens (tertiary/aromatic N) is 3. The Balaban J connectivity index is 1.70. The van der Waals surface area contributed by atoms with Crippen LogP contribution >= 0.6 is 0 Å². The number of esters is 2. The molecule has 0 saturated carbocycles. The van der Waals surface area contributed by atoms with E-state index >= 15 is 0 Å². The first kappa shape index (κ1) is 19.3. The second kappa shape index (κ2) is 8.98. The lowest BCUT2D eigenvalue weighted by Gasteiger charge is -2.20. The summed E-state index contributed by atoms with van der Waals surface area (Å²) in [5, 5.41) is 3.22. The summed E-state index contributed by atoms with van der Waals surface area (Å²) in [5.41, 5.74) is 9.09.